The Morgan fingerprint density at radius 3 is 2.87 bits per heavy atom. The Morgan fingerprint density at radius 1 is 1.40 bits per heavy atom. The van der Waals surface area contributed by atoms with Crippen molar-refractivity contribution in [3.8, 4) is 11.4 Å². The van der Waals surface area contributed by atoms with E-state index in [9.17, 15) is 4.39 Å². The topological polar surface area (TPSA) is 43.6 Å². The van der Waals surface area contributed by atoms with Crippen LogP contribution in [0.3, 0.4) is 0 Å². The maximum Gasteiger partial charge on any atom is 0.167 e. The van der Waals surface area contributed by atoms with E-state index in [0.717, 1.165) is 0 Å². The molecule has 0 N–H and O–H groups in total. The van der Waals surface area contributed by atoms with Crippen molar-refractivity contribution in [1.29, 1.82) is 0 Å². The molecule has 15 heavy (non-hydrogen) atoms. The fourth-order valence-corrected chi connectivity index (χ4v) is 1.37. The summed E-state index contributed by atoms with van der Waals surface area (Å²) in [6.45, 7) is 3.98. The van der Waals surface area contributed by atoms with E-state index in [2.05, 4.69) is 15.2 Å². The molecule has 0 atom stereocenters. The second-order valence-corrected chi connectivity index (χ2v) is 3.51. The second kappa shape index (κ2) is 3.76. The lowest BCUT2D eigenvalue weighted by molar-refractivity contribution is 0.592. The highest BCUT2D eigenvalue weighted by molar-refractivity contribution is 5.54. The summed E-state index contributed by atoms with van der Waals surface area (Å²) in [5.41, 5.74) is 0.427. The number of rotatable bonds is 2. The summed E-state index contributed by atoms with van der Waals surface area (Å²) in [7, 11) is 0. The van der Waals surface area contributed by atoms with Gasteiger partial charge in [0.2, 0.25) is 0 Å². The zero-order valence-electron chi connectivity index (χ0n) is 8.55. The minimum Gasteiger partial charge on any atom is -0.311 e. The van der Waals surface area contributed by atoms with Gasteiger partial charge in [0.05, 0.1) is 11.8 Å². The quantitative estimate of drug-likeness (QED) is 0.755. The fraction of sp³-hybridized carbons (Fsp3) is 0.300. The first-order valence-electron chi connectivity index (χ1n) is 4.69. The average molecular weight is 206 g/mol. The van der Waals surface area contributed by atoms with E-state index in [1.165, 1.54) is 12.4 Å². The molecule has 0 unspecified atom stereocenters. The van der Waals surface area contributed by atoms with Gasteiger partial charge in [-0.25, -0.2) is 4.39 Å². The van der Waals surface area contributed by atoms with Crippen molar-refractivity contribution >= 4 is 0 Å². The van der Waals surface area contributed by atoms with Crippen LogP contribution in [-0.4, -0.2) is 19.7 Å². The Bertz CT molecular complexity index is 464. The molecule has 0 saturated carbocycles. The summed E-state index contributed by atoms with van der Waals surface area (Å²) < 4.78 is 15.3. The molecule has 0 fully saturated rings. The third-order valence-corrected chi connectivity index (χ3v) is 2.14. The lowest BCUT2D eigenvalue weighted by Crippen LogP contribution is -2.02. The van der Waals surface area contributed by atoms with Gasteiger partial charge in [-0.1, -0.05) is 0 Å². The number of hydrogen-bond donors (Lipinski definition) is 0. The van der Waals surface area contributed by atoms with E-state index in [0.29, 0.717) is 11.4 Å². The summed E-state index contributed by atoms with van der Waals surface area (Å²) in [5, 5.41) is 7.70. The minimum absolute atomic E-state index is 0.197. The molecule has 78 valence electrons. The fourth-order valence-electron chi connectivity index (χ4n) is 1.37. The van der Waals surface area contributed by atoms with E-state index in [1.807, 2.05) is 18.4 Å². The van der Waals surface area contributed by atoms with Crippen LogP contribution < -0.4 is 0 Å². The smallest absolute Gasteiger partial charge is 0.167 e. The number of halogens is 1. The van der Waals surface area contributed by atoms with Gasteiger partial charge in [0.15, 0.2) is 11.6 Å². The van der Waals surface area contributed by atoms with Crippen LogP contribution in [0.5, 0.6) is 0 Å². The number of aromatic nitrogens is 4. The molecule has 0 aliphatic carbocycles. The van der Waals surface area contributed by atoms with Crippen LogP contribution in [0, 0.1) is 5.82 Å². The van der Waals surface area contributed by atoms with Crippen molar-refractivity contribution in [3.63, 3.8) is 0 Å². The normalized spacial score (nSPS) is 10.9. The number of pyridine rings is 1. The first-order chi connectivity index (χ1) is 7.20. The Kier molecular flexibility index (Phi) is 2.45. The highest BCUT2D eigenvalue weighted by Crippen LogP contribution is 2.21. The van der Waals surface area contributed by atoms with Crippen molar-refractivity contribution in [2.24, 2.45) is 0 Å². The van der Waals surface area contributed by atoms with Gasteiger partial charge >= 0.3 is 0 Å². The molecule has 0 aliphatic rings. The van der Waals surface area contributed by atoms with Crippen LogP contribution in [0.25, 0.3) is 11.4 Å². The standard InChI is InChI=1S/C10H11FN4/c1-7(2)15-6-13-14-10(15)8-3-4-12-5-9(8)11/h3-7H,1-2H3. The van der Waals surface area contributed by atoms with Crippen LogP contribution in [0.15, 0.2) is 24.8 Å². The lowest BCUT2D eigenvalue weighted by atomic mass is 10.2. The molecule has 0 spiro atoms. The van der Waals surface area contributed by atoms with Gasteiger partial charge < -0.3 is 4.57 Å². The first kappa shape index (κ1) is 9.76. The molecular formula is C10H11FN4. The van der Waals surface area contributed by atoms with Crippen molar-refractivity contribution in [2.75, 3.05) is 0 Å². The van der Waals surface area contributed by atoms with Gasteiger partial charge in [-0.2, -0.15) is 0 Å². The van der Waals surface area contributed by atoms with Gasteiger partial charge in [0.25, 0.3) is 0 Å². The molecule has 0 saturated heterocycles. The van der Waals surface area contributed by atoms with Crippen molar-refractivity contribution in [2.45, 2.75) is 19.9 Å². The van der Waals surface area contributed by atoms with Gasteiger partial charge in [-0.3, -0.25) is 4.98 Å². The molecule has 0 amide bonds. The molecule has 4 nitrogen and oxygen atoms in total. The van der Waals surface area contributed by atoms with Crippen LogP contribution in [0.1, 0.15) is 19.9 Å². The Labute approximate surface area is 86.8 Å². The van der Waals surface area contributed by atoms with Gasteiger partial charge in [0, 0.05) is 12.2 Å². The molecule has 5 heteroatoms. The molecular weight excluding hydrogens is 195 g/mol. The van der Waals surface area contributed by atoms with Crippen molar-refractivity contribution in [3.05, 3.63) is 30.6 Å². The molecule has 2 aromatic heterocycles. The van der Waals surface area contributed by atoms with E-state index in [1.54, 1.807) is 12.4 Å². The molecule has 0 aromatic carbocycles. The third-order valence-electron chi connectivity index (χ3n) is 2.14. The molecule has 2 rings (SSSR count). The maximum atomic E-state index is 13.5. The van der Waals surface area contributed by atoms with E-state index in [4.69, 9.17) is 0 Å². The predicted molar refractivity (Wildman–Crippen MR) is 53.6 cm³/mol. The van der Waals surface area contributed by atoms with E-state index < -0.39 is 0 Å². The van der Waals surface area contributed by atoms with Crippen LogP contribution in [0.2, 0.25) is 0 Å². The summed E-state index contributed by atoms with van der Waals surface area (Å²) in [6.07, 6.45) is 4.31. The molecule has 0 bridgehead atoms. The molecule has 0 radical (unpaired) electrons. The summed E-state index contributed by atoms with van der Waals surface area (Å²) in [5.74, 6) is 0.150. The summed E-state index contributed by atoms with van der Waals surface area (Å²) in [6, 6.07) is 1.79. The largest absolute Gasteiger partial charge is 0.311 e. The Hall–Kier alpha value is -1.78. The SMILES string of the molecule is CC(C)n1cnnc1-c1ccncc1F. The Morgan fingerprint density at radius 2 is 2.20 bits per heavy atom. The maximum absolute atomic E-state index is 13.5. The second-order valence-electron chi connectivity index (χ2n) is 3.51. The van der Waals surface area contributed by atoms with Crippen LogP contribution in [0.4, 0.5) is 4.39 Å². The summed E-state index contributed by atoms with van der Waals surface area (Å²) >= 11 is 0. The molecule has 2 aromatic rings. The number of nitrogens with zero attached hydrogens (tertiary/aromatic N) is 4. The van der Waals surface area contributed by atoms with E-state index in [-0.39, 0.29) is 11.9 Å². The molecule has 0 aliphatic heterocycles. The van der Waals surface area contributed by atoms with E-state index >= 15 is 0 Å². The van der Waals surface area contributed by atoms with Gasteiger partial charge in [0.1, 0.15) is 6.33 Å². The highest BCUT2D eigenvalue weighted by Gasteiger charge is 2.13. The predicted octanol–water partition coefficient (Wildman–Crippen LogP) is 2.06. The highest BCUT2D eigenvalue weighted by atomic mass is 19.1. The molecule has 2 heterocycles. The third kappa shape index (κ3) is 1.72. The lowest BCUT2D eigenvalue weighted by Gasteiger charge is -2.09. The van der Waals surface area contributed by atoms with Crippen LogP contribution >= 0.6 is 0 Å². The zero-order valence-corrected chi connectivity index (χ0v) is 8.55. The monoisotopic (exact) mass is 206 g/mol. The first-order valence-corrected chi connectivity index (χ1v) is 4.69. The average Bonchev–Trinajstić information content (AvgIpc) is 2.67. The van der Waals surface area contributed by atoms with Crippen LogP contribution in [-0.2, 0) is 0 Å². The van der Waals surface area contributed by atoms with Crippen molar-refractivity contribution in [1.82, 2.24) is 19.7 Å². The zero-order chi connectivity index (χ0) is 10.8. The van der Waals surface area contributed by atoms with Gasteiger partial charge in [-0.05, 0) is 19.9 Å². The van der Waals surface area contributed by atoms with Gasteiger partial charge in [-0.15, -0.1) is 10.2 Å². The number of hydrogen-bond acceptors (Lipinski definition) is 3. The van der Waals surface area contributed by atoms with Crippen molar-refractivity contribution < 1.29 is 4.39 Å². The minimum atomic E-state index is -0.382. The summed E-state index contributed by atoms with van der Waals surface area (Å²) in [4.78, 5) is 3.70. The Balaban J connectivity index is 2.55.